The molecule has 25 heteroatoms. The lowest BCUT2D eigenvalue weighted by atomic mass is 9.84. The first-order valence-corrected chi connectivity index (χ1v) is 40.4. The zero-order chi connectivity index (χ0) is 72.6. The maximum Gasteiger partial charge on any atom is 0.472 e. The van der Waals surface area contributed by atoms with E-state index in [9.17, 15) is 74.9 Å². The van der Waals surface area contributed by atoms with Gasteiger partial charge in [-0.2, -0.15) is 0 Å². The molecule has 582 valence electrons. The van der Waals surface area contributed by atoms with Crippen LogP contribution in [0.3, 0.4) is 0 Å². The Labute approximate surface area is 592 Å². The zero-order valence-electron chi connectivity index (χ0n) is 61.0. The number of phosphoric ester groups is 1. The molecule has 0 aromatic heterocycles. The summed E-state index contributed by atoms with van der Waals surface area (Å²) < 4.78 is 65.1. The Morgan fingerprint density at radius 1 is 0.414 bits per heavy atom. The van der Waals surface area contributed by atoms with Crippen LogP contribution >= 0.6 is 7.82 Å². The molecule has 99 heavy (non-hydrogen) atoms. The number of hydrogen-bond acceptors (Lipinski definition) is 23. The topological polar surface area (TPSA) is 374 Å². The Balaban J connectivity index is 1.73. The van der Waals surface area contributed by atoms with Gasteiger partial charge in [0.15, 0.2) is 18.7 Å². The highest BCUT2D eigenvalue weighted by Gasteiger charge is 2.58. The quantitative estimate of drug-likeness (QED) is 0.00886. The van der Waals surface area contributed by atoms with E-state index in [4.69, 9.17) is 42.2 Å². The van der Waals surface area contributed by atoms with Gasteiger partial charge in [0.25, 0.3) is 0 Å². The van der Waals surface area contributed by atoms with Gasteiger partial charge < -0.3 is 89.1 Å². The lowest BCUT2D eigenvalue weighted by Crippen LogP contribution is -2.69. The average Bonchev–Trinajstić information content (AvgIpc) is 0.765. The number of rotatable bonds is 60. The summed E-state index contributed by atoms with van der Waals surface area (Å²) in [6.07, 6.45) is 12.8. The van der Waals surface area contributed by atoms with E-state index in [0.29, 0.717) is 25.2 Å². The molecular weight excluding hydrogens is 1300 g/mol. The molecule has 2 aliphatic heterocycles. The molecule has 19 unspecified atom stereocenters. The number of carbonyl (C=O) groups excluding carboxylic acids is 3. The predicted molar refractivity (Wildman–Crippen MR) is 375 cm³/mol. The number of ether oxygens (including phenoxy) is 7. The molecule has 0 spiro atoms. The van der Waals surface area contributed by atoms with E-state index in [0.717, 1.165) is 96.3 Å². The van der Waals surface area contributed by atoms with Gasteiger partial charge in [-0.25, -0.2) is 4.57 Å². The van der Waals surface area contributed by atoms with Crippen molar-refractivity contribution in [3.63, 3.8) is 0 Å². The maximum atomic E-state index is 14.3. The summed E-state index contributed by atoms with van der Waals surface area (Å²) in [7, 11) is -5.70. The summed E-state index contributed by atoms with van der Waals surface area (Å²) >= 11 is 0. The van der Waals surface area contributed by atoms with Gasteiger partial charge in [0.1, 0.15) is 98.7 Å². The number of hydrogen-bond donors (Lipinski definition) is 11. The van der Waals surface area contributed by atoms with Gasteiger partial charge >= 0.3 is 25.7 Å². The van der Waals surface area contributed by atoms with E-state index >= 15 is 0 Å². The molecule has 2 heterocycles. The fraction of sp³-hybridized carbons (Fsp3) is 0.932. The fourth-order valence-electron chi connectivity index (χ4n) is 13.0. The van der Waals surface area contributed by atoms with Gasteiger partial charge in [-0.3, -0.25) is 23.4 Å². The number of allylic oxidation sites excluding steroid dienone is 2. The zero-order valence-corrected chi connectivity index (χ0v) is 61.8. The van der Waals surface area contributed by atoms with E-state index in [1.807, 2.05) is 0 Å². The molecule has 3 rings (SSSR count). The van der Waals surface area contributed by atoms with Gasteiger partial charge in [0, 0.05) is 19.3 Å². The first kappa shape index (κ1) is 90.9. The minimum Gasteiger partial charge on any atom is -0.463 e. The van der Waals surface area contributed by atoms with Crippen LogP contribution in [0.2, 0.25) is 0 Å². The monoisotopic (exact) mass is 1440 g/mol. The second-order valence-corrected chi connectivity index (χ2v) is 29.8. The Bertz CT molecular complexity index is 2110. The summed E-state index contributed by atoms with van der Waals surface area (Å²) in [6.45, 7) is 5.76. The molecule has 0 amide bonds. The Morgan fingerprint density at radius 3 is 1.20 bits per heavy atom. The van der Waals surface area contributed by atoms with Crippen LogP contribution in [0, 0.1) is 5.92 Å². The van der Waals surface area contributed by atoms with Gasteiger partial charge in [0.2, 0.25) is 0 Å². The van der Waals surface area contributed by atoms with Crippen LogP contribution < -0.4 is 0 Å². The number of aliphatic hydroxyl groups is 10. The fourth-order valence-corrected chi connectivity index (χ4v) is 14.0. The first-order valence-electron chi connectivity index (χ1n) is 38.9. The third-order valence-corrected chi connectivity index (χ3v) is 20.4. The van der Waals surface area contributed by atoms with Crippen LogP contribution in [0.25, 0.3) is 0 Å². The highest BCUT2D eigenvalue weighted by molar-refractivity contribution is 7.47. The number of aliphatic hydroxyl groups excluding tert-OH is 10. The van der Waals surface area contributed by atoms with E-state index in [1.54, 1.807) is 0 Å². The van der Waals surface area contributed by atoms with Gasteiger partial charge in [0.05, 0.1) is 13.2 Å². The van der Waals surface area contributed by atoms with Crippen LogP contribution in [-0.2, 0) is 61.2 Å². The smallest absolute Gasteiger partial charge is 0.463 e. The van der Waals surface area contributed by atoms with Crippen LogP contribution in [-0.4, -0.2) is 204 Å². The van der Waals surface area contributed by atoms with Crippen molar-refractivity contribution < 1.29 is 117 Å². The van der Waals surface area contributed by atoms with Crippen molar-refractivity contribution in [2.24, 2.45) is 5.92 Å². The Morgan fingerprint density at radius 2 is 0.768 bits per heavy atom. The van der Waals surface area contributed by atoms with Crippen LogP contribution in [0.1, 0.15) is 304 Å². The Kier molecular flexibility index (Phi) is 50.7. The molecular formula is C74H137O24P. The van der Waals surface area contributed by atoms with Gasteiger partial charge in [-0.15, -0.1) is 0 Å². The highest BCUT2D eigenvalue weighted by Crippen LogP contribution is 2.49. The highest BCUT2D eigenvalue weighted by atomic mass is 31.2. The molecule has 0 bridgehead atoms. The number of phosphoric acid groups is 1. The van der Waals surface area contributed by atoms with Crippen molar-refractivity contribution >= 4 is 25.7 Å². The molecule has 1 aliphatic carbocycles. The van der Waals surface area contributed by atoms with Crippen molar-refractivity contribution in [1.82, 2.24) is 0 Å². The molecule has 2 saturated heterocycles. The van der Waals surface area contributed by atoms with Crippen molar-refractivity contribution in [2.75, 3.05) is 26.4 Å². The molecule has 19 atom stereocenters. The lowest BCUT2D eigenvalue weighted by Gasteiger charge is -2.49. The van der Waals surface area contributed by atoms with E-state index < -0.39 is 156 Å². The van der Waals surface area contributed by atoms with Gasteiger partial charge in [-0.1, -0.05) is 252 Å². The van der Waals surface area contributed by atoms with Crippen molar-refractivity contribution in [1.29, 1.82) is 0 Å². The summed E-state index contributed by atoms with van der Waals surface area (Å²) in [5.41, 5.74) is 0. The Hall–Kier alpha value is -2.30. The van der Waals surface area contributed by atoms with Crippen LogP contribution in [0.5, 0.6) is 0 Å². The second kappa shape index (κ2) is 55.2. The van der Waals surface area contributed by atoms with E-state index in [2.05, 4.69) is 39.8 Å². The molecule has 0 radical (unpaired) electrons. The molecule has 1 saturated carbocycles. The predicted octanol–water partition coefficient (Wildman–Crippen LogP) is 11.0. The van der Waals surface area contributed by atoms with E-state index in [-0.39, 0.29) is 19.3 Å². The van der Waals surface area contributed by atoms with Gasteiger partial charge in [-0.05, 0) is 50.9 Å². The largest absolute Gasteiger partial charge is 0.472 e. The second-order valence-electron chi connectivity index (χ2n) is 28.3. The SMILES string of the molecule is CCCCCCCC/C=C\CCCCCC(=O)OCC(COP(=O)(O)OC1C(OC2OC(CO)C(O)C(O)C2O)C(O)C(O)C(O)C1OC1OC(COC(=O)CCCCCCCCC(C)CCCCCCCC)C(O)C(O)C1O)OC(=O)CCCCCCCCCCCCCCCCC. The molecule has 0 aromatic rings. The first-order chi connectivity index (χ1) is 47.7. The molecule has 3 fully saturated rings. The van der Waals surface area contributed by atoms with Crippen molar-refractivity contribution in [3.05, 3.63) is 12.2 Å². The third-order valence-electron chi connectivity index (χ3n) is 19.4. The normalized spacial score (nSPS) is 27.8. The molecule has 3 aliphatic rings. The number of esters is 3. The molecule has 0 aromatic carbocycles. The third kappa shape index (κ3) is 38.5. The summed E-state index contributed by atoms with van der Waals surface area (Å²) in [5, 5.41) is 110. The molecule has 11 N–H and O–H groups in total. The number of unbranched alkanes of at least 4 members (excludes halogenated alkanes) is 33. The molecule has 24 nitrogen and oxygen atoms in total. The van der Waals surface area contributed by atoms with Crippen LogP contribution in [0.4, 0.5) is 0 Å². The van der Waals surface area contributed by atoms with Crippen molar-refractivity contribution in [2.45, 2.75) is 408 Å². The summed E-state index contributed by atoms with van der Waals surface area (Å²) in [6, 6.07) is 0. The van der Waals surface area contributed by atoms with E-state index in [1.165, 1.54) is 141 Å². The lowest BCUT2D eigenvalue weighted by molar-refractivity contribution is -0.360. The average molecular weight is 1440 g/mol. The summed E-state index contributed by atoms with van der Waals surface area (Å²) in [5.74, 6) is -1.30. The number of carbonyl (C=O) groups is 3. The standard InChI is InChI=1S/C74H137O24P/c1-5-8-11-14-17-19-21-23-24-26-28-30-32-39-44-49-60(78)93-55(51-90-58(76)47-42-37-31-29-27-25-22-20-18-15-12-9-6-2)52-92-99(88,89)98-72-70(96-73-68(86)63(81)61(79)56(50-75)94-73)66(84)65(83)67(85)71(72)97-74-69(87)64(82)62(80)57(95-74)53-91-59(77)48-43-38-34-33-36-41-46-54(4)45-40-35-16-13-10-7-3/h25,27,54-57,61-75,79-87H,5-24,26,28-53H2,1-4H3,(H,88,89)/b27-25-. The maximum absolute atomic E-state index is 14.3. The van der Waals surface area contributed by atoms with Crippen LogP contribution in [0.15, 0.2) is 12.2 Å². The summed E-state index contributed by atoms with van der Waals surface area (Å²) in [4.78, 5) is 51.1. The minimum atomic E-state index is -5.70. The minimum absolute atomic E-state index is 0.0274. The van der Waals surface area contributed by atoms with Crippen molar-refractivity contribution in [3.8, 4) is 0 Å².